The maximum Gasteiger partial charge on any atom is 0.239 e. The van der Waals surface area contributed by atoms with Crippen LogP contribution in [0.3, 0.4) is 0 Å². The van der Waals surface area contributed by atoms with Crippen molar-refractivity contribution in [1.29, 1.82) is 0 Å². The molecule has 0 aromatic heterocycles. The Morgan fingerprint density at radius 2 is 1.95 bits per heavy atom. The van der Waals surface area contributed by atoms with Crippen LogP contribution in [0.5, 0.6) is 0 Å². The molecule has 0 bridgehead atoms. The zero-order valence-electron chi connectivity index (χ0n) is 12.0. The molecule has 1 aliphatic carbocycles. The highest BCUT2D eigenvalue weighted by Gasteiger charge is 2.37. The minimum atomic E-state index is -0.385. The monoisotopic (exact) mass is 262 g/mol. The second-order valence-electron chi connectivity index (χ2n) is 6.41. The molecule has 0 spiro atoms. The van der Waals surface area contributed by atoms with Crippen molar-refractivity contribution < 1.29 is 9.59 Å². The van der Waals surface area contributed by atoms with Crippen molar-refractivity contribution in [2.75, 3.05) is 0 Å². The van der Waals surface area contributed by atoms with Gasteiger partial charge in [-0.05, 0) is 43.4 Å². The van der Waals surface area contributed by atoms with Gasteiger partial charge in [0, 0.05) is 6.20 Å². The Hall–Kier alpha value is -1.50. The Morgan fingerprint density at radius 3 is 2.58 bits per heavy atom. The first kappa shape index (κ1) is 15.6. The van der Waals surface area contributed by atoms with Gasteiger partial charge in [0.1, 0.15) is 0 Å². The van der Waals surface area contributed by atoms with Crippen LogP contribution in [0.1, 0.15) is 52.9 Å². The smallest absolute Gasteiger partial charge is 0.211 e. The molecule has 2 unspecified atom stereocenters. The Bertz CT molecular complexity index is 429. The first-order valence-electron chi connectivity index (χ1n) is 6.74. The molecule has 4 nitrogen and oxygen atoms in total. The summed E-state index contributed by atoms with van der Waals surface area (Å²) in [4.78, 5) is 28.3. The lowest BCUT2D eigenvalue weighted by molar-refractivity contribution is 0.277. The van der Waals surface area contributed by atoms with Crippen LogP contribution in [-0.2, 0) is 9.59 Å². The third kappa shape index (κ3) is 4.94. The fourth-order valence-electron chi connectivity index (χ4n) is 3.22. The van der Waals surface area contributed by atoms with E-state index in [1.54, 1.807) is 12.2 Å². The summed E-state index contributed by atoms with van der Waals surface area (Å²) < 4.78 is 0. The van der Waals surface area contributed by atoms with Gasteiger partial charge in [0.05, 0.1) is 5.54 Å². The van der Waals surface area contributed by atoms with Crippen molar-refractivity contribution in [3.8, 4) is 0 Å². The van der Waals surface area contributed by atoms with Gasteiger partial charge in [-0.3, -0.25) is 0 Å². The number of nitrogens with zero attached hydrogens (tertiary/aromatic N) is 2. The van der Waals surface area contributed by atoms with E-state index in [9.17, 15) is 9.59 Å². The third-order valence-corrected chi connectivity index (χ3v) is 3.91. The van der Waals surface area contributed by atoms with Gasteiger partial charge < -0.3 is 0 Å². The molecule has 1 saturated carbocycles. The van der Waals surface area contributed by atoms with Gasteiger partial charge in [-0.25, -0.2) is 9.59 Å². The van der Waals surface area contributed by atoms with Crippen LogP contribution in [0, 0.1) is 11.3 Å². The number of hydrogen-bond acceptors (Lipinski definition) is 4. The minimum absolute atomic E-state index is 0.282. The molecule has 0 heterocycles. The molecule has 0 aromatic rings. The maximum atomic E-state index is 10.7. The van der Waals surface area contributed by atoms with E-state index >= 15 is 0 Å². The van der Waals surface area contributed by atoms with E-state index in [4.69, 9.17) is 0 Å². The molecule has 2 atom stereocenters. The Morgan fingerprint density at radius 1 is 1.21 bits per heavy atom. The van der Waals surface area contributed by atoms with Crippen LogP contribution < -0.4 is 0 Å². The Kier molecular flexibility index (Phi) is 5.41. The molecule has 1 aliphatic rings. The quantitative estimate of drug-likeness (QED) is 0.442. The van der Waals surface area contributed by atoms with Crippen LogP contribution in [0.2, 0.25) is 0 Å². The first-order chi connectivity index (χ1) is 8.93. The van der Waals surface area contributed by atoms with Crippen molar-refractivity contribution in [3.63, 3.8) is 0 Å². The lowest BCUT2D eigenvalue weighted by atomic mass is 9.82. The SMILES string of the molecule is CC1CC(C)(C)CCC(CC=CN=C=O)(N=C=O)C1. The fraction of sp³-hybridized carbons (Fsp3) is 0.733. The molecule has 0 aromatic carbocycles. The van der Waals surface area contributed by atoms with Crippen molar-refractivity contribution in [1.82, 2.24) is 0 Å². The fourth-order valence-corrected chi connectivity index (χ4v) is 3.22. The summed E-state index contributed by atoms with van der Waals surface area (Å²) in [5, 5.41) is 0. The van der Waals surface area contributed by atoms with Gasteiger partial charge in [0.25, 0.3) is 0 Å². The Labute approximate surface area is 114 Å². The predicted octanol–water partition coefficient (Wildman–Crippen LogP) is 3.54. The summed E-state index contributed by atoms with van der Waals surface area (Å²) >= 11 is 0. The molecule has 104 valence electrons. The first-order valence-corrected chi connectivity index (χ1v) is 6.74. The van der Waals surface area contributed by atoms with Gasteiger partial charge >= 0.3 is 0 Å². The summed E-state index contributed by atoms with van der Waals surface area (Å²) in [6, 6.07) is 0. The highest BCUT2D eigenvalue weighted by molar-refractivity contribution is 5.36. The molecule has 1 rings (SSSR count). The van der Waals surface area contributed by atoms with Gasteiger partial charge in [-0.2, -0.15) is 9.98 Å². The van der Waals surface area contributed by atoms with Gasteiger partial charge in [0.15, 0.2) is 0 Å². The van der Waals surface area contributed by atoms with Gasteiger partial charge in [0.2, 0.25) is 12.2 Å². The summed E-state index contributed by atoms with van der Waals surface area (Å²) in [7, 11) is 0. The highest BCUT2D eigenvalue weighted by Crippen LogP contribution is 2.44. The second-order valence-corrected chi connectivity index (χ2v) is 6.41. The molecular formula is C15H22N2O2. The molecule has 0 radical (unpaired) electrons. The zero-order valence-corrected chi connectivity index (χ0v) is 12.0. The van der Waals surface area contributed by atoms with E-state index in [0.29, 0.717) is 12.3 Å². The molecule has 19 heavy (non-hydrogen) atoms. The van der Waals surface area contributed by atoms with Crippen LogP contribution in [0.25, 0.3) is 0 Å². The molecule has 0 N–H and O–H groups in total. The summed E-state index contributed by atoms with van der Waals surface area (Å²) in [6.45, 7) is 6.73. The zero-order chi connectivity index (χ0) is 14.4. The molecule has 1 fully saturated rings. The van der Waals surface area contributed by atoms with E-state index in [1.807, 2.05) is 0 Å². The number of aliphatic imine (C=N–C) groups is 2. The van der Waals surface area contributed by atoms with Crippen molar-refractivity contribution in [2.45, 2.75) is 58.4 Å². The average Bonchev–Trinajstić information content (AvgIpc) is 2.42. The number of rotatable bonds is 4. The van der Waals surface area contributed by atoms with Crippen LogP contribution >= 0.6 is 0 Å². The van der Waals surface area contributed by atoms with Gasteiger partial charge in [-0.15, -0.1) is 0 Å². The van der Waals surface area contributed by atoms with Gasteiger partial charge in [-0.1, -0.05) is 26.8 Å². The topological polar surface area (TPSA) is 58.9 Å². The van der Waals surface area contributed by atoms with E-state index in [1.165, 1.54) is 12.3 Å². The lowest BCUT2D eigenvalue weighted by Crippen LogP contribution is -2.27. The predicted molar refractivity (Wildman–Crippen MR) is 74.1 cm³/mol. The number of hydrogen-bond donors (Lipinski definition) is 0. The van der Waals surface area contributed by atoms with E-state index in [-0.39, 0.29) is 11.0 Å². The van der Waals surface area contributed by atoms with Crippen LogP contribution in [-0.4, -0.2) is 17.7 Å². The number of isocyanates is 2. The van der Waals surface area contributed by atoms with Crippen molar-refractivity contribution >= 4 is 12.2 Å². The summed E-state index contributed by atoms with van der Waals surface area (Å²) in [6.07, 6.45) is 10.9. The molecule has 0 saturated heterocycles. The molecule has 0 amide bonds. The maximum absolute atomic E-state index is 10.7. The highest BCUT2D eigenvalue weighted by atomic mass is 16.1. The average molecular weight is 262 g/mol. The Balaban J connectivity index is 2.91. The minimum Gasteiger partial charge on any atom is -0.211 e. The summed E-state index contributed by atoms with van der Waals surface area (Å²) in [5.74, 6) is 0.512. The molecule has 4 heteroatoms. The second kappa shape index (κ2) is 6.60. The normalized spacial score (nSPS) is 30.2. The lowest BCUT2D eigenvalue weighted by Gasteiger charge is -2.27. The van der Waals surface area contributed by atoms with Crippen LogP contribution in [0.15, 0.2) is 22.3 Å². The van der Waals surface area contributed by atoms with E-state index in [0.717, 1.165) is 25.7 Å². The largest absolute Gasteiger partial charge is 0.239 e. The number of carbonyl (C=O) groups excluding carboxylic acids is 2. The summed E-state index contributed by atoms with van der Waals surface area (Å²) in [5.41, 5.74) is -0.103. The standard InChI is InChI=1S/C15H22N2O2/c1-13-9-14(2,3)6-7-15(10-13,17-12-19)5-4-8-16-11-18/h4,8,13H,5-7,9-10H2,1-3H3. The third-order valence-electron chi connectivity index (χ3n) is 3.91. The van der Waals surface area contributed by atoms with Crippen LogP contribution in [0.4, 0.5) is 0 Å². The molecule has 0 aliphatic heterocycles. The van der Waals surface area contributed by atoms with E-state index < -0.39 is 0 Å². The molecular weight excluding hydrogens is 240 g/mol. The van der Waals surface area contributed by atoms with E-state index in [2.05, 4.69) is 30.8 Å². The van der Waals surface area contributed by atoms with Crippen molar-refractivity contribution in [3.05, 3.63) is 12.3 Å². The van der Waals surface area contributed by atoms with Crippen molar-refractivity contribution in [2.24, 2.45) is 21.3 Å².